The first-order valence-electron chi connectivity index (χ1n) is 10.4. The van der Waals surface area contributed by atoms with E-state index in [0.29, 0.717) is 43.4 Å². The van der Waals surface area contributed by atoms with Gasteiger partial charge in [-0.25, -0.2) is 14.6 Å². The third-order valence-corrected chi connectivity index (χ3v) is 5.25. The highest BCUT2D eigenvalue weighted by atomic mass is 16.5. The van der Waals surface area contributed by atoms with Crippen molar-refractivity contribution in [1.82, 2.24) is 14.8 Å². The summed E-state index contributed by atoms with van der Waals surface area (Å²) < 4.78 is 10.8. The van der Waals surface area contributed by atoms with Crippen molar-refractivity contribution in [2.45, 2.75) is 20.4 Å². The molecule has 0 bridgehead atoms. The van der Waals surface area contributed by atoms with Gasteiger partial charge in [-0.05, 0) is 55.8 Å². The van der Waals surface area contributed by atoms with E-state index in [1.807, 2.05) is 25.1 Å². The molecule has 1 aromatic heterocycles. The Labute approximate surface area is 180 Å². The largest absolute Gasteiger partial charge is 0.462 e. The molecular formula is C23H26N4O4. The standard InChI is InChI=1S/C23H26N4O4/c1-3-30-22(28)17-5-7-18(8-6-17)24-23(29)27-12-10-26(11-13-27)15-21-25-19-9-4-16(2)14-20(19)31-21/h4-9,14H,3,10-13,15H2,1-2H3,(H,24,29). The maximum Gasteiger partial charge on any atom is 0.338 e. The van der Waals surface area contributed by atoms with Gasteiger partial charge in [0.05, 0.1) is 18.7 Å². The lowest BCUT2D eigenvalue weighted by atomic mass is 10.2. The van der Waals surface area contributed by atoms with E-state index in [-0.39, 0.29) is 12.0 Å². The highest BCUT2D eigenvalue weighted by molar-refractivity contribution is 5.92. The Bertz CT molecular complexity index is 1070. The number of hydrogen-bond donors (Lipinski definition) is 1. The summed E-state index contributed by atoms with van der Waals surface area (Å²) in [5, 5.41) is 2.88. The summed E-state index contributed by atoms with van der Waals surface area (Å²) in [6, 6.07) is 12.5. The van der Waals surface area contributed by atoms with Gasteiger partial charge in [0.15, 0.2) is 5.58 Å². The number of carbonyl (C=O) groups is 2. The number of oxazole rings is 1. The minimum Gasteiger partial charge on any atom is -0.462 e. The van der Waals surface area contributed by atoms with Crippen molar-refractivity contribution in [3.63, 3.8) is 0 Å². The predicted molar refractivity (Wildman–Crippen MR) is 117 cm³/mol. The average Bonchev–Trinajstić information content (AvgIpc) is 3.16. The van der Waals surface area contributed by atoms with E-state index in [1.54, 1.807) is 36.1 Å². The molecule has 31 heavy (non-hydrogen) atoms. The van der Waals surface area contributed by atoms with Crippen molar-refractivity contribution in [2.24, 2.45) is 0 Å². The summed E-state index contributed by atoms with van der Waals surface area (Å²) in [4.78, 5) is 32.9. The van der Waals surface area contributed by atoms with Gasteiger partial charge in [0.1, 0.15) is 5.52 Å². The molecule has 162 valence electrons. The minimum atomic E-state index is -0.370. The molecule has 4 rings (SSSR count). The van der Waals surface area contributed by atoms with E-state index in [1.165, 1.54) is 0 Å². The molecule has 1 N–H and O–H groups in total. The lowest BCUT2D eigenvalue weighted by molar-refractivity contribution is 0.0526. The fourth-order valence-corrected chi connectivity index (χ4v) is 3.55. The number of fused-ring (bicyclic) bond motifs is 1. The first-order chi connectivity index (χ1) is 15.0. The summed E-state index contributed by atoms with van der Waals surface area (Å²) in [5.41, 5.74) is 3.92. The number of urea groups is 1. The van der Waals surface area contributed by atoms with E-state index in [9.17, 15) is 9.59 Å². The van der Waals surface area contributed by atoms with Gasteiger partial charge >= 0.3 is 12.0 Å². The number of carbonyl (C=O) groups excluding carboxylic acids is 2. The Balaban J connectivity index is 1.27. The number of nitrogens with one attached hydrogen (secondary N) is 1. The Morgan fingerprint density at radius 1 is 1.10 bits per heavy atom. The molecule has 0 atom stereocenters. The summed E-state index contributed by atoms with van der Waals surface area (Å²) in [6.07, 6.45) is 0. The van der Waals surface area contributed by atoms with Crippen LogP contribution in [-0.4, -0.2) is 59.6 Å². The van der Waals surface area contributed by atoms with Crippen LogP contribution >= 0.6 is 0 Å². The van der Waals surface area contributed by atoms with Crippen molar-refractivity contribution < 1.29 is 18.7 Å². The fraction of sp³-hybridized carbons (Fsp3) is 0.348. The van der Waals surface area contributed by atoms with Crippen LogP contribution in [0.5, 0.6) is 0 Å². The fourth-order valence-electron chi connectivity index (χ4n) is 3.55. The van der Waals surface area contributed by atoms with Crippen LogP contribution in [0.1, 0.15) is 28.7 Å². The SMILES string of the molecule is CCOC(=O)c1ccc(NC(=O)N2CCN(Cc3nc4ccc(C)cc4o3)CC2)cc1. The zero-order valence-corrected chi connectivity index (χ0v) is 17.8. The first kappa shape index (κ1) is 20.9. The van der Waals surface area contributed by atoms with Crippen molar-refractivity contribution in [1.29, 1.82) is 0 Å². The molecule has 2 heterocycles. The average molecular weight is 422 g/mol. The molecule has 3 aromatic rings. The molecule has 1 fully saturated rings. The second-order valence-electron chi connectivity index (χ2n) is 7.57. The Morgan fingerprint density at radius 2 is 1.84 bits per heavy atom. The van der Waals surface area contributed by atoms with E-state index in [4.69, 9.17) is 9.15 Å². The summed E-state index contributed by atoms with van der Waals surface area (Å²) in [5.74, 6) is 0.325. The van der Waals surface area contributed by atoms with E-state index in [2.05, 4.69) is 15.2 Å². The maximum absolute atomic E-state index is 12.6. The first-order valence-corrected chi connectivity index (χ1v) is 10.4. The third kappa shape index (κ3) is 5.03. The van der Waals surface area contributed by atoms with E-state index in [0.717, 1.165) is 29.8 Å². The Kier molecular flexibility index (Phi) is 6.18. The number of piperazine rings is 1. The number of anilines is 1. The zero-order valence-electron chi connectivity index (χ0n) is 17.8. The van der Waals surface area contributed by atoms with Crippen molar-refractivity contribution >= 4 is 28.8 Å². The van der Waals surface area contributed by atoms with E-state index < -0.39 is 0 Å². The number of amides is 2. The van der Waals surface area contributed by atoms with Gasteiger partial charge in [0.25, 0.3) is 0 Å². The molecule has 2 aromatic carbocycles. The molecule has 8 heteroatoms. The zero-order chi connectivity index (χ0) is 21.8. The van der Waals surface area contributed by atoms with Crippen molar-refractivity contribution in [3.05, 3.63) is 59.5 Å². The van der Waals surface area contributed by atoms with Crippen LogP contribution in [0.3, 0.4) is 0 Å². The number of ether oxygens (including phenoxy) is 1. The van der Waals surface area contributed by atoms with Crippen LogP contribution in [0.2, 0.25) is 0 Å². The lowest BCUT2D eigenvalue weighted by Crippen LogP contribution is -2.49. The molecule has 1 aliphatic heterocycles. The number of nitrogens with zero attached hydrogens (tertiary/aromatic N) is 3. The minimum absolute atomic E-state index is 0.152. The highest BCUT2D eigenvalue weighted by Crippen LogP contribution is 2.19. The molecule has 0 unspecified atom stereocenters. The molecule has 1 saturated heterocycles. The van der Waals surface area contributed by atoms with Gasteiger partial charge in [-0.3, -0.25) is 4.90 Å². The molecule has 2 amide bonds. The second kappa shape index (κ2) is 9.18. The molecular weight excluding hydrogens is 396 g/mol. The van der Waals surface area contributed by atoms with Crippen LogP contribution in [0.25, 0.3) is 11.1 Å². The smallest absolute Gasteiger partial charge is 0.338 e. The number of esters is 1. The van der Waals surface area contributed by atoms with Crippen molar-refractivity contribution in [3.8, 4) is 0 Å². The molecule has 1 aliphatic rings. The molecule has 0 aliphatic carbocycles. The van der Waals surface area contributed by atoms with Crippen molar-refractivity contribution in [2.75, 3.05) is 38.1 Å². The quantitative estimate of drug-likeness (QED) is 0.632. The van der Waals surface area contributed by atoms with E-state index >= 15 is 0 Å². The van der Waals surface area contributed by atoms with Gasteiger partial charge in [0, 0.05) is 31.9 Å². The summed E-state index contributed by atoms with van der Waals surface area (Å²) in [7, 11) is 0. The Morgan fingerprint density at radius 3 is 2.55 bits per heavy atom. The molecule has 0 saturated carbocycles. The number of aryl methyl sites for hydroxylation is 1. The molecule has 0 radical (unpaired) electrons. The van der Waals surface area contributed by atoms with Crippen LogP contribution in [0.15, 0.2) is 46.9 Å². The molecule has 0 spiro atoms. The Hall–Kier alpha value is -3.39. The summed E-state index contributed by atoms with van der Waals surface area (Å²) >= 11 is 0. The van der Waals surface area contributed by atoms with Gasteiger partial charge in [-0.2, -0.15) is 0 Å². The van der Waals surface area contributed by atoms with Gasteiger partial charge < -0.3 is 19.4 Å². The predicted octanol–water partition coefficient (Wildman–Crippen LogP) is 3.66. The summed E-state index contributed by atoms with van der Waals surface area (Å²) in [6.45, 7) is 7.47. The number of hydrogen-bond acceptors (Lipinski definition) is 6. The van der Waals surface area contributed by atoms with Crippen LogP contribution in [0.4, 0.5) is 10.5 Å². The number of benzene rings is 2. The lowest BCUT2D eigenvalue weighted by Gasteiger charge is -2.34. The molecule has 8 nitrogen and oxygen atoms in total. The highest BCUT2D eigenvalue weighted by Gasteiger charge is 2.22. The third-order valence-electron chi connectivity index (χ3n) is 5.25. The van der Waals surface area contributed by atoms with Crippen LogP contribution < -0.4 is 5.32 Å². The normalized spacial score (nSPS) is 14.6. The van der Waals surface area contributed by atoms with Gasteiger partial charge in [0.2, 0.25) is 5.89 Å². The topological polar surface area (TPSA) is 87.9 Å². The van der Waals surface area contributed by atoms with Gasteiger partial charge in [-0.1, -0.05) is 6.07 Å². The van der Waals surface area contributed by atoms with Gasteiger partial charge in [-0.15, -0.1) is 0 Å². The number of aromatic nitrogens is 1. The number of rotatable bonds is 5. The maximum atomic E-state index is 12.6. The van der Waals surface area contributed by atoms with Crippen LogP contribution in [0, 0.1) is 6.92 Å². The monoisotopic (exact) mass is 422 g/mol. The van der Waals surface area contributed by atoms with Crippen LogP contribution in [-0.2, 0) is 11.3 Å². The second-order valence-corrected chi connectivity index (χ2v) is 7.57.